The van der Waals surface area contributed by atoms with E-state index in [1.54, 1.807) is 29.6 Å². The Morgan fingerprint density at radius 2 is 1.88 bits per heavy atom. The average molecular weight is 392 g/mol. The molecule has 1 aliphatic carbocycles. The smallest absolute Gasteiger partial charge is 0.257 e. The zero-order valence-corrected chi connectivity index (χ0v) is 16.0. The maximum atomic E-state index is 12.2. The van der Waals surface area contributed by atoms with E-state index in [9.17, 15) is 9.59 Å². The molecule has 0 saturated heterocycles. The van der Waals surface area contributed by atoms with Gasteiger partial charge in [-0.2, -0.15) is 0 Å². The third-order valence-corrected chi connectivity index (χ3v) is 5.59. The second kappa shape index (κ2) is 9.14. The Morgan fingerprint density at radius 3 is 2.62 bits per heavy atom. The zero-order chi connectivity index (χ0) is 18.4. The average Bonchev–Trinajstić information content (AvgIpc) is 3.08. The van der Waals surface area contributed by atoms with Gasteiger partial charge in [-0.15, -0.1) is 11.3 Å². The number of hydrogen-bond acceptors (Lipinski definition) is 4. The minimum Gasteiger partial charge on any atom is -0.355 e. The Bertz CT molecular complexity index is 754. The molecular weight excluding hydrogens is 370 g/mol. The van der Waals surface area contributed by atoms with Crippen molar-refractivity contribution in [2.24, 2.45) is 5.92 Å². The van der Waals surface area contributed by atoms with E-state index in [4.69, 9.17) is 11.6 Å². The Labute approximate surface area is 162 Å². The van der Waals surface area contributed by atoms with Crippen LogP contribution in [0, 0.1) is 5.92 Å². The fourth-order valence-electron chi connectivity index (χ4n) is 3.09. The summed E-state index contributed by atoms with van der Waals surface area (Å²) in [6, 6.07) is 6.65. The van der Waals surface area contributed by atoms with E-state index in [2.05, 4.69) is 15.6 Å². The molecule has 0 spiro atoms. The molecule has 0 unspecified atom stereocenters. The molecule has 2 aromatic rings. The molecule has 2 N–H and O–H groups in total. The van der Waals surface area contributed by atoms with Crippen molar-refractivity contribution in [3.8, 4) is 0 Å². The summed E-state index contributed by atoms with van der Waals surface area (Å²) in [4.78, 5) is 28.6. The monoisotopic (exact) mass is 391 g/mol. The summed E-state index contributed by atoms with van der Waals surface area (Å²) in [5.41, 5.74) is 1.18. The first-order valence-corrected chi connectivity index (χ1v) is 10.1. The molecule has 1 aliphatic rings. The predicted molar refractivity (Wildman–Crippen MR) is 105 cm³/mol. The Morgan fingerprint density at radius 1 is 1.15 bits per heavy atom. The van der Waals surface area contributed by atoms with Crippen LogP contribution < -0.4 is 10.6 Å². The van der Waals surface area contributed by atoms with Crippen molar-refractivity contribution in [3.05, 3.63) is 45.9 Å². The topological polar surface area (TPSA) is 71.1 Å². The third kappa shape index (κ3) is 5.54. The molecule has 0 bridgehead atoms. The van der Waals surface area contributed by atoms with Gasteiger partial charge in [0, 0.05) is 22.5 Å². The van der Waals surface area contributed by atoms with Crippen LogP contribution in [0.15, 0.2) is 29.6 Å². The second-order valence-electron chi connectivity index (χ2n) is 6.59. The molecule has 7 heteroatoms. The van der Waals surface area contributed by atoms with Crippen LogP contribution in [0.5, 0.6) is 0 Å². The molecule has 5 nitrogen and oxygen atoms in total. The Kier molecular flexibility index (Phi) is 6.63. The highest BCUT2D eigenvalue weighted by Gasteiger charge is 2.15. The molecule has 1 saturated carbocycles. The maximum absolute atomic E-state index is 12.2. The van der Waals surface area contributed by atoms with E-state index in [0.717, 1.165) is 6.54 Å². The summed E-state index contributed by atoms with van der Waals surface area (Å²) in [6.07, 6.45) is 6.50. The summed E-state index contributed by atoms with van der Waals surface area (Å²) in [6.45, 7) is 0.753. The molecule has 3 rings (SSSR count). The van der Waals surface area contributed by atoms with Crippen LogP contribution >= 0.6 is 22.9 Å². The number of anilines is 1. The zero-order valence-electron chi connectivity index (χ0n) is 14.5. The molecule has 1 fully saturated rings. The van der Waals surface area contributed by atoms with Crippen LogP contribution in [0.3, 0.4) is 0 Å². The minimum atomic E-state index is -0.246. The lowest BCUT2D eigenvalue weighted by Gasteiger charge is -2.21. The lowest BCUT2D eigenvalue weighted by molar-refractivity contribution is -0.120. The molecule has 0 atom stereocenters. The number of nitrogens with one attached hydrogen (secondary N) is 2. The van der Waals surface area contributed by atoms with Gasteiger partial charge >= 0.3 is 0 Å². The van der Waals surface area contributed by atoms with Crippen LogP contribution in [0.2, 0.25) is 5.02 Å². The van der Waals surface area contributed by atoms with Gasteiger partial charge in [0.1, 0.15) is 0 Å². The number of halogens is 1. The van der Waals surface area contributed by atoms with Gasteiger partial charge in [-0.25, -0.2) is 4.98 Å². The molecule has 1 aromatic heterocycles. The van der Waals surface area contributed by atoms with Gasteiger partial charge in [0.2, 0.25) is 5.91 Å². The number of aromatic nitrogens is 1. The molecular formula is C19H22ClN3O2S. The van der Waals surface area contributed by atoms with Crippen molar-refractivity contribution in [1.29, 1.82) is 0 Å². The number of carbonyl (C=O) groups is 2. The third-order valence-electron chi connectivity index (χ3n) is 4.53. The van der Waals surface area contributed by atoms with E-state index in [1.165, 1.54) is 43.4 Å². The number of carbonyl (C=O) groups excluding carboxylic acids is 2. The van der Waals surface area contributed by atoms with Gasteiger partial charge in [-0.05, 0) is 43.0 Å². The molecule has 138 valence electrons. The Hall–Kier alpha value is -1.92. The van der Waals surface area contributed by atoms with Gasteiger partial charge in [0.05, 0.1) is 12.1 Å². The number of nitrogens with zero attached hydrogens (tertiary/aromatic N) is 1. The SMILES string of the molecule is O=C(Cc1csc(NC(=O)c2ccc(Cl)cc2)n1)NCC1CCCCC1. The quantitative estimate of drug-likeness (QED) is 0.771. The van der Waals surface area contributed by atoms with Gasteiger partial charge < -0.3 is 5.32 Å². The first-order valence-electron chi connectivity index (χ1n) is 8.88. The van der Waals surface area contributed by atoms with Crippen LogP contribution in [0.4, 0.5) is 5.13 Å². The highest BCUT2D eigenvalue weighted by atomic mass is 35.5. The predicted octanol–water partition coefficient (Wildman–Crippen LogP) is 4.29. The van der Waals surface area contributed by atoms with Crippen molar-refractivity contribution in [3.63, 3.8) is 0 Å². The summed E-state index contributed by atoms with van der Waals surface area (Å²) < 4.78 is 0. The summed E-state index contributed by atoms with van der Waals surface area (Å²) >= 11 is 7.14. The lowest BCUT2D eigenvalue weighted by atomic mass is 9.89. The molecule has 0 radical (unpaired) electrons. The number of benzene rings is 1. The van der Waals surface area contributed by atoms with Gasteiger partial charge in [-0.1, -0.05) is 30.9 Å². The van der Waals surface area contributed by atoms with E-state index in [1.807, 2.05) is 0 Å². The van der Waals surface area contributed by atoms with Crippen molar-refractivity contribution >= 4 is 39.9 Å². The molecule has 1 aromatic carbocycles. The summed E-state index contributed by atoms with van der Waals surface area (Å²) in [7, 11) is 0. The largest absolute Gasteiger partial charge is 0.355 e. The normalized spacial score (nSPS) is 14.8. The van der Waals surface area contributed by atoms with Crippen LogP contribution in [-0.4, -0.2) is 23.3 Å². The molecule has 26 heavy (non-hydrogen) atoms. The van der Waals surface area contributed by atoms with E-state index < -0.39 is 0 Å². The van der Waals surface area contributed by atoms with Gasteiger partial charge in [0.15, 0.2) is 5.13 Å². The van der Waals surface area contributed by atoms with Crippen molar-refractivity contribution in [2.75, 3.05) is 11.9 Å². The van der Waals surface area contributed by atoms with Gasteiger partial charge in [0.25, 0.3) is 5.91 Å². The maximum Gasteiger partial charge on any atom is 0.257 e. The fourth-order valence-corrected chi connectivity index (χ4v) is 3.92. The molecule has 2 amide bonds. The summed E-state index contributed by atoms with van der Waals surface area (Å²) in [5.74, 6) is 0.345. The van der Waals surface area contributed by atoms with Crippen molar-refractivity contribution in [1.82, 2.24) is 10.3 Å². The Balaban J connectivity index is 1.47. The van der Waals surface area contributed by atoms with E-state index >= 15 is 0 Å². The first-order chi connectivity index (χ1) is 12.6. The van der Waals surface area contributed by atoms with Crippen LogP contribution in [0.1, 0.15) is 48.2 Å². The van der Waals surface area contributed by atoms with Crippen molar-refractivity contribution < 1.29 is 9.59 Å². The van der Waals surface area contributed by atoms with E-state index in [0.29, 0.717) is 27.3 Å². The van der Waals surface area contributed by atoms with E-state index in [-0.39, 0.29) is 18.2 Å². The number of hydrogen-bond donors (Lipinski definition) is 2. The van der Waals surface area contributed by atoms with Crippen molar-refractivity contribution in [2.45, 2.75) is 38.5 Å². The van der Waals surface area contributed by atoms with Crippen LogP contribution in [-0.2, 0) is 11.2 Å². The molecule has 1 heterocycles. The minimum absolute atomic E-state index is 0.0172. The standard InChI is InChI=1S/C19H22ClN3O2S/c20-15-8-6-14(7-9-15)18(25)23-19-22-16(12-26-19)10-17(24)21-11-13-4-2-1-3-5-13/h6-9,12-13H,1-5,10-11H2,(H,21,24)(H,22,23,25). The number of rotatable bonds is 6. The van der Waals surface area contributed by atoms with Crippen LogP contribution in [0.25, 0.3) is 0 Å². The number of amides is 2. The first kappa shape index (κ1) is 18.9. The second-order valence-corrected chi connectivity index (χ2v) is 7.88. The number of thiazole rings is 1. The fraction of sp³-hybridized carbons (Fsp3) is 0.421. The highest BCUT2D eigenvalue weighted by Crippen LogP contribution is 2.23. The summed E-state index contributed by atoms with van der Waals surface area (Å²) in [5, 5.41) is 8.63. The highest BCUT2D eigenvalue weighted by molar-refractivity contribution is 7.14. The lowest BCUT2D eigenvalue weighted by Crippen LogP contribution is -2.31. The molecule has 0 aliphatic heterocycles. The van der Waals surface area contributed by atoms with Gasteiger partial charge in [-0.3, -0.25) is 14.9 Å².